The van der Waals surface area contributed by atoms with Gasteiger partial charge < -0.3 is 4.57 Å². The van der Waals surface area contributed by atoms with E-state index in [-0.39, 0.29) is 18.6 Å². The van der Waals surface area contributed by atoms with Crippen molar-refractivity contribution in [2.24, 2.45) is 7.05 Å². The van der Waals surface area contributed by atoms with Gasteiger partial charge in [0.1, 0.15) is 5.65 Å². The molecule has 0 unspecified atom stereocenters. The van der Waals surface area contributed by atoms with E-state index < -0.39 is 13.0 Å². The fourth-order valence-electron chi connectivity index (χ4n) is 2.58. The molecule has 132 valence electrons. The van der Waals surface area contributed by atoms with Crippen molar-refractivity contribution in [3.8, 4) is 0 Å². The van der Waals surface area contributed by atoms with Gasteiger partial charge in [0, 0.05) is 38.6 Å². The van der Waals surface area contributed by atoms with Gasteiger partial charge in [0.15, 0.2) is 0 Å². The molecular weight excluding hydrogens is 352 g/mol. The fraction of sp³-hybridized carbons (Fsp3) is 0.312. The maximum Gasteiger partial charge on any atom is 0.258 e. The van der Waals surface area contributed by atoms with E-state index in [1.165, 1.54) is 21.6 Å². The molecule has 0 fully saturated rings. The molecule has 0 amide bonds. The van der Waals surface area contributed by atoms with Gasteiger partial charge in [0.25, 0.3) is 12.0 Å². The second-order valence-corrected chi connectivity index (χ2v) is 6.15. The third-order valence-electron chi connectivity index (χ3n) is 3.76. The topological polar surface area (TPSA) is 55.4 Å². The van der Waals surface area contributed by atoms with Gasteiger partial charge in [-0.3, -0.25) is 14.1 Å². The Balaban J connectivity index is 1.88. The minimum Gasteiger partial charge on any atom is -0.337 e. The Bertz CT molecular complexity index is 940. The van der Waals surface area contributed by atoms with Crippen LogP contribution in [0.2, 0.25) is 5.02 Å². The van der Waals surface area contributed by atoms with Crippen LogP contribution < -0.4 is 5.56 Å². The molecule has 25 heavy (non-hydrogen) atoms. The molecule has 3 aromatic rings. The Hall–Kier alpha value is -2.32. The van der Waals surface area contributed by atoms with Crippen LogP contribution in [0.3, 0.4) is 0 Å². The maximum absolute atomic E-state index is 12.9. The second kappa shape index (κ2) is 7.28. The average molecular weight is 368 g/mol. The third-order valence-corrected chi connectivity index (χ3v) is 3.98. The number of imidazole rings is 1. The molecule has 0 spiro atoms. The van der Waals surface area contributed by atoms with E-state index in [1.807, 2.05) is 0 Å². The Labute approximate surface area is 147 Å². The zero-order valence-corrected chi connectivity index (χ0v) is 14.2. The minimum atomic E-state index is -2.49. The molecule has 3 aromatic heterocycles. The number of hydrogen-bond acceptors (Lipinski definition) is 4. The van der Waals surface area contributed by atoms with Crippen LogP contribution in [0, 0.1) is 0 Å². The van der Waals surface area contributed by atoms with Gasteiger partial charge in [-0.2, -0.15) is 0 Å². The molecule has 0 N–H and O–H groups in total. The Morgan fingerprint density at radius 3 is 2.80 bits per heavy atom. The first-order chi connectivity index (χ1) is 11.9. The number of hydrogen-bond donors (Lipinski definition) is 0. The molecule has 3 heterocycles. The zero-order valence-electron chi connectivity index (χ0n) is 13.4. The Morgan fingerprint density at radius 2 is 2.12 bits per heavy atom. The van der Waals surface area contributed by atoms with Crippen LogP contribution in [0.25, 0.3) is 5.65 Å². The van der Waals surface area contributed by atoms with Gasteiger partial charge in [-0.1, -0.05) is 11.6 Å². The van der Waals surface area contributed by atoms with Crippen molar-refractivity contribution in [1.82, 2.24) is 23.8 Å². The van der Waals surface area contributed by atoms with E-state index >= 15 is 0 Å². The van der Waals surface area contributed by atoms with Crippen LogP contribution in [0.4, 0.5) is 8.78 Å². The van der Waals surface area contributed by atoms with Crippen LogP contribution in [0.5, 0.6) is 0 Å². The largest absolute Gasteiger partial charge is 0.337 e. The molecule has 0 radical (unpaired) electrons. The van der Waals surface area contributed by atoms with Gasteiger partial charge in [0.2, 0.25) is 0 Å². The van der Waals surface area contributed by atoms with E-state index in [0.29, 0.717) is 16.4 Å². The van der Waals surface area contributed by atoms with Gasteiger partial charge in [-0.25, -0.2) is 18.7 Å². The van der Waals surface area contributed by atoms with Crippen LogP contribution in [-0.4, -0.2) is 36.8 Å². The van der Waals surface area contributed by atoms with Crippen molar-refractivity contribution in [3.63, 3.8) is 0 Å². The summed E-state index contributed by atoms with van der Waals surface area (Å²) < 4.78 is 28.9. The lowest BCUT2D eigenvalue weighted by Gasteiger charge is -2.21. The number of nitrogens with zero attached hydrogens (tertiary/aromatic N) is 5. The van der Waals surface area contributed by atoms with Crippen molar-refractivity contribution >= 4 is 17.2 Å². The zero-order chi connectivity index (χ0) is 18.0. The molecule has 0 aliphatic carbocycles. The van der Waals surface area contributed by atoms with E-state index in [0.717, 1.165) is 5.69 Å². The standard InChI is InChI=1S/C16H16ClF2N5O/c1-22-10-20-5-13(22)8-23(9-14(18)19)7-12-4-16(25)24-6-11(17)2-3-15(24)21-12/h2-6,10,14H,7-9H2,1H3. The first-order valence-electron chi connectivity index (χ1n) is 7.56. The molecule has 6 nitrogen and oxygen atoms in total. The summed E-state index contributed by atoms with van der Waals surface area (Å²) in [5.41, 5.74) is 1.34. The number of fused-ring (bicyclic) bond motifs is 1. The molecule has 0 saturated heterocycles. The Morgan fingerprint density at radius 1 is 1.32 bits per heavy atom. The summed E-state index contributed by atoms with van der Waals surface area (Å²) in [4.78, 5) is 22.1. The second-order valence-electron chi connectivity index (χ2n) is 5.72. The smallest absolute Gasteiger partial charge is 0.258 e. The highest BCUT2D eigenvalue weighted by Gasteiger charge is 2.16. The first kappa shape index (κ1) is 17.5. The lowest BCUT2D eigenvalue weighted by atomic mass is 10.3. The number of pyridine rings is 1. The van der Waals surface area contributed by atoms with E-state index in [1.54, 1.807) is 36.3 Å². The maximum atomic E-state index is 12.9. The van der Waals surface area contributed by atoms with Gasteiger partial charge in [0.05, 0.1) is 29.3 Å². The summed E-state index contributed by atoms with van der Waals surface area (Å²) in [6.07, 6.45) is 2.22. The number of alkyl halides is 2. The summed E-state index contributed by atoms with van der Waals surface area (Å²) in [6, 6.07) is 4.58. The number of halogens is 3. The highest BCUT2D eigenvalue weighted by molar-refractivity contribution is 6.30. The van der Waals surface area contributed by atoms with Crippen LogP contribution in [0.15, 0.2) is 41.7 Å². The molecule has 0 aliphatic rings. The molecular formula is C16H16ClF2N5O. The van der Waals surface area contributed by atoms with Crippen LogP contribution >= 0.6 is 11.6 Å². The van der Waals surface area contributed by atoms with Crippen molar-refractivity contribution in [2.45, 2.75) is 19.5 Å². The quantitative estimate of drug-likeness (QED) is 0.671. The van der Waals surface area contributed by atoms with Crippen molar-refractivity contribution in [1.29, 1.82) is 0 Å². The Kier molecular flexibility index (Phi) is 5.10. The molecule has 3 rings (SSSR count). The lowest BCUT2D eigenvalue weighted by Crippen LogP contribution is -2.30. The summed E-state index contributed by atoms with van der Waals surface area (Å²) in [7, 11) is 1.80. The SMILES string of the molecule is Cn1cncc1CN(Cc1cc(=O)n2cc(Cl)ccc2n1)CC(F)F. The number of aryl methyl sites for hydroxylation is 1. The average Bonchev–Trinajstić information content (AvgIpc) is 2.92. The number of rotatable bonds is 6. The van der Waals surface area contributed by atoms with Gasteiger partial charge in [-0.15, -0.1) is 0 Å². The van der Waals surface area contributed by atoms with Crippen LogP contribution in [-0.2, 0) is 20.1 Å². The van der Waals surface area contributed by atoms with Gasteiger partial charge in [-0.05, 0) is 12.1 Å². The normalized spacial score (nSPS) is 11.8. The third kappa shape index (κ3) is 4.21. The lowest BCUT2D eigenvalue weighted by molar-refractivity contribution is 0.0793. The molecule has 0 atom stereocenters. The minimum absolute atomic E-state index is 0.129. The predicted molar refractivity (Wildman–Crippen MR) is 89.8 cm³/mol. The monoisotopic (exact) mass is 367 g/mol. The molecule has 0 saturated carbocycles. The highest BCUT2D eigenvalue weighted by Crippen LogP contribution is 2.12. The highest BCUT2D eigenvalue weighted by atomic mass is 35.5. The predicted octanol–water partition coefficient (Wildman–Crippen LogP) is 2.35. The van der Waals surface area contributed by atoms with E-state index in [4.69, 9.17) is 11.6 Å². The van der Waals surface area contributed by atoms with Crippen LogP contribution in [0.1, 0.15) is 11.4 Å². The van der Waals surface area contributed by atoms with Crippen molar-refractivity contribution in [2.75, 3.05) is 6.54 Å². The summed E-state index contributed by atoms with van der Waals surface area (Å²) in [5.74, 6) is 0. The molecule has 0 aliphatic heterocycles. The molecule has 9 heteroatoms. The van der Waals surface area contributed by atoms with E-state index in [2.05, 4.69) is 9.97 Å². The first-order valence-corrected chi connectivity index (χ1v) is 7.93. The molecule has 0 bridgehead atoms. The number of aromatic nitrogens is 4. The van der Waals surface area contributed by atoms with E-state index in [9.17, 15) is 13.6 Å². The molecule has 0 aromatic carbocycles. The summed E-state index contributed by atoms with van der Waals surface area (Å²) in [5, 5.41) is 0.416. The van der Waals surface area contributed by atoms with Crippen molar-refractivity contribution < 1.29 is 8.78 Å². The van der Waals surface area contributed by atoms with Crippen molar-refractivity contribution in [3.05, 3.63) is 63.7 Å². The fourth-order valence-corrected chi connectivity index (χ4v) is 2.74. The summed E-state index contributed by atoms with van der Waals surface area (Å²) >= 11 is 5.88. The van der Waals surface area contributed by atoms with Gasteiger partial charge >= 0.3 is 0 Å². The summed E-state index contributed by atoms with van der Waals surface area (Å²) in [6.45, 7) is -0.0146.